The molecule has 2 amide bonds. The molecule has 1 heterocycles. The summed E-state index contributed by atoms with van der Waals surface area (Å²) < 4.78 is 5.03. The van der Waals surface area contributed by atoms with E-state index in [4.69, 9.17) is 4.74 Å². The van der Waals surface area contributed by atoms with Crippen LogP contribution in [0.5, 0.6) is 0 Å². The second kappa shape index (κ2) is 9.57. The van der Waals surface area contributed by atoms with Gasteiger partial charge in [-0.25, -0.2) is 4.79 Å². The lowest BCUT2D eigenvalue weighted by atomic mass is 10.1. The van der Waals surface area contributed by atoms with Gasteiger partial charge >= 0.3 is 5.97 Å². The van der Waals surface area contributed by atoms with Crippen molar-refractivity contribution in [1.82, 2.24) is 5.32 Å². The highest BCUT2D eigenvalue weighted by Gasteiger charge is 2.25. The fourth-order valence-electron chi connectivity index (χ4n) is 2.34. The Morgan fingerprint density at radius 1 is 1.15 bits per heavy atom. The fraction of sp³-hybridized carbons (Fsp3) is 0.316. The average molecular weight is 407 g/mol. The van der Waals surface area contributed by atoms with Crippen LogP contribution in [0.25, 0.3) is 0 Å². The van der Waals surface area contributed by atoms with Gasteiger partial charge in [-0.2, -0.15) is 0 Å². The number of hydrogen-bond acceptors (Lipinski definition) is 6. The van der Waals surface area contributed by atoms with Crippen LogP contribution in [-0.2, 0) is 9.53 Å². The van der Waals surface area contributed by atoms with Crippen molar-refractivity contribution >= 4 is 45.9 Å². The Morgan fingerprint density at radius 3 is 2.41 bits per heavy atom. The van der Waals surface area contributed by atoms with Gasteiger partial charge in [0, 0.05) is 11.9 Å². The maximum atomic E-state index is 12.4. The minimum Gasteiger partial charge on any atom is -0.462 e. The average Bonchev–Trinajstić information content (AvgIpc) is 2.97. The minimum absolute atomic E-state index is 0.196. The van der Waals surface area contributed by atoms with Crippen molar-refractivity contribution in [2.45, 2.75) is 25.7 Å². The Balaban J connectivity index is 2.16. The van der Waals surface area contributed by atoms with Crippen LogP contribution in [-0.4, -0.2) is 37.2 Å². The van der Waals surface area contributed by atoms with Crippen molar-refractivity contribution < 1.29 is 19.1 Å². The second-order valence-corrected chi connectivity index (χ2v) is 7.78. The lowest BCUT2D eigenvalue weighted by Gasteiger charge is -2.07. The Morgan fingerprint density at radius 2 is 1.81 bits per heavy atom. The third-order valence-electron chi connectivity index (χ3n) is 3.71. The summed E-state index contributed by atoms with van der Waals surface area (Å²) in [5.41, 5.74) is 1.94. The van der Waals surface area contributed by atoms with E-state index in [0.29, 0.717) is 21.0 Å². The molecule has 2 rings (SSSR count). The number of amides is 2. The second-order valence-electron chi connectivity index (χ2n) is 5.71. The zero-order chi connectivity index (χ0) is 20.0. The Labute approximate surface area is 166 Å². The Bertz CT molecular complexity index is 844. The van der Waals surface area contributed by atoms with Crippen molar-refractivity contribution in [2.75, 3.05) is 24.7 Å². The third-order valence-corrected chi connectivity index (χ3v) is 5.90. The molecule has 0 atom stereocenters. The number of benzene rings is 1. The molecule has 0 aliphatic heterocycles. The van der Waals surface area contributed by atoms with Crippen molar-refractivity contribution in [2.24, 2.45) is 0 Å². The lowest BCUT2D eigenvalue weighted by Crippen LogP contribution is -2.21. The summed E-state index contributed by atoms with van der Waals surface area (Å²) in [5, 5.41) is 5.65. The molecule has 0 aliphatic carbocycles. The molecule has 0 aliphatic rings. The standard InChI is InChI=1S/C19H22N2O4S2/c1-5-25-19(24)16-12(3)15(17(23)20-4)18(27-16)21-14(22)10-26-13-8-6-11(2)7-9-13/h6-9H,5,10H2,1-4H3,(H,20,23)(H,21,22). The first kappa shape index (κ1) is 21.0. The Hall–Kier alpha value is -2.32. The number of thiophene rings is 1. The van der Waals surface area contributed by atoms with E-state index >= 15 is 0 Å². The quantitative estimate of drug-likeness (QED) is 0.542. The van der Waals surface area contributed by atoms with Crippen LogP contribution < -0.4 is 10.6 Å². The van der Waals surface area contributed by atoms with E-state index in [1.807, 2.05) is 31.2 Å². The first-order valence-electron chi connectivity index (χ1n) is 8.39. The lowest BCUT2D eigenvalue weighted by molar-refractivity contribution is -0.113. The van der Waals surface area contributed by atoms with E-state index in [0.717, 1.165) is 21.8 Å². The summed E-state index contributed by atoms with van der Waals surface area (Å²) in [6, 6.07) is 7.88. The number of carbonyl (C=O) groups excluding carboxylic acids is 3. The molecule has 0 fully saturated rings. The van der Waals surface area contributed by atoms with E-state index in [2.05, 4.69) is 10.6 Å². The monoisotopic (exact) mass is 406 g/mol. The van der Waals surface area contributed by atoms with Gasteiger partial charge in [0.15, 0.2) is 0 Å². The molecule has 2 aromatic rings. The molecular weight excluding hydrogens is 384 g/mol. The number of hydrogen-bond donors (Lipinski definition) is 2. The highest BCUT2D eigenvalue weighted by atomic mass is 32.2. The zero-order valence-electron chi connectivity index (χ0n) is 15.7. The van der Waals surface area contributed by atoms with E-state index < -0.39 is 5.97 Å². The molecule has 0 bridgehead atoms. The molecule has 0 radical (unpaired) electrons. The van der Waals surface area contributed by atoms with E-state index in [1.165, 1.54) is 18.8 Å². The van der Waals surface area contributed by atoms with Gasteiger partial charge in [0.1, 0.15) is 9.88 Å². The number of nitrogens with one attached hydrogen (secondary N) is 2. The molecule has 1 aromatic carbocycles. The number of anilines is 1. The number of thioether (sulfide) groups is 1. The van der Waals surface area contributed by atoms with Crippen LogP contribution in [0.3, 0.4) is 0 Å². The highest BCUT2D eigenvalue weighted by Crippen LogP contribution is 2.34. The van der Waals surface area contributed by atoms with E-state index in [-0.39, 0.29) is 24.2 Å². The van der Waals surface area contributed by atoms with Gasteiger partial charge in [-0.15, -0.1) is 23.1 Å². The summed E-state index contributed by atoms with van der Waals surface area (Å²) in [7, 11) is 1.50. The first-order chi connectivity index (χ1) is 12.9. The van der Waals surface area contributed by atoms with Gasteiger partial charge in [0.2, 0.25) is 5.91 Å². The number of ether oxygens (including phenoxy) is 1. The van der Waals surface area contributed by atoms with Gasteiger partial charge < -0.3 is 15.4 Å². The summed E-state index contributed by atoms with van der Waals surface area (Å²) in [5.74, 6) is -0.912. The van der Waals surface area contributed by atoms with Crippen LogP contribution in [0.4, 0.5) is 5.00 Å². The van der Waals surface area contributed by atoms with Crippen LogP contribution >= 0.6 is 23.1 Å². The van der Waals surface area contributed by atoms with Crippen LogP contribution in [0.1, 0.15) is 38.1 Å². The molecule has 6 nitrogen and oxygen atoms in total. The molecule has 1 aromatic heterocycles. The van der Waals surface area contributed by atoms with Gasteiger partial charge in [-0.1, -0.05) is 17.7 Å². The molecule has 0 saturated heterocycles. The summed E-state index contributed by atoms with van der Waals surface area (Å²) >= 11 is 2.46. The molecule has 2 N–H and O–H groups in total. The zero-order valence-corrected chi connectivity index (χ0v) is 17.3. The smallest absolute Gasteiger partial charge is 0.348 e. The van der Waals surface area contributed by atoms with Crippen LogP contribution in [0.15, 0.2) is 29.2 Å². The topological polar surface area (TPSA) is 84.5 Å². The van der Waals surface area contributed by atoms with Gasteiger partial charge in [-0.3, -0.25) is 9.59 Å². The summed E-state index contributed by atoms with van der Waals surface area (Å²) in [6.07, 6.45) is 0. The summed E-state index contributed by atoms with van der Waals surface area (Å²) in [4.78, 5) is 38.0. The highest BCUT2D eigenvalue weighted by molar-refractivity contribution is 8.00. The number of rotatable bonds is 7. The minimum atomic E-state index is -0.500. The molecule has 0 spiro atoms. The molecule has 144 valence electrons. The number of carbonyl (C=O) groups is 3. The van der Waals surface area contributed by atoms with Gasteiger partial charge in [-0.05, 0) is 38.5 Å². The van der Waals surface area contributed by atoms with E-state index in [1.54, 1.807) is 13.8 Å². The largest absolute Gasteiger partial charge is 0.462 e. The van der Waals surface area contributed by atoms with Crippen molar-refractivity contribution in [3.63, 3.8) is 0 Å². The third kappa shape index (κ3) is 5.33. The maximum Gasteiger partial charge on any atom is 0.348 e. The molecule has 0 saturated carbocycles. The predicted octanol–water partition coefficient (Wildman–Crippen LogP) is 3.63. The number of esters is 1. The number of aryl methyl sites for hydroxylation is 1. The normalized spacial score (nSPS) is 10.4. The predicted molar refractivity (Wildman–Crippen MR) is 109 cm³/mol. The van der Waals surface area contributed by atoms with Crippen molar-refractivity contribution in [3.05, 3.63) is 45.8 Å². The van der Waals surface area contributed by atoms with Crippen LogP contribution in [0, 0.1) is 13.8 Å². The van der Waals surface area contributed by atoms with E-state index in [9.17, 15) is 14.4 Å². The summed E-state index contributed by atoms with van der Waals surface area (Å²) in [6.45, 7) is 5.62. The van der Waals surface area contributed by atoms with Crippen LogP contribution in [0.2, 0.25) is 0 Å². The first-order valence-corrected chi connectivity index (χ1v) is 10.2. The molecule has 0 unspecified atom stereocenters. The Kier molecular flexibility index (Phi) is 7.44. The maximum absolute atomic E-state index is 12.4. The molecule has 27 heavy (non-hydrogen) atoms. The molecular formula is C19H22N2O4S2. The van der Waals surface area contributed by atoms with Crippen molar-refractivity contribution in [3.8, 4) is 0 Å². The van der Waals surface area contributed by atoms with Gasteiger partial charge in [0.25, 0.3) is 5.91 Å². The SMILES string of the molecule is CCOC(=O)c1sc(NC(=O)CSc2ccc(C)cc2)c(C(=O)NC)c1C. The fourth-order valence-corrected chi connectivity index (χ4v) is 4.15. The van der Waals surface area contributed by atoms with Gasteiger partial charge in [0.05, 0.1) is 17.9 Å². The molecule has 8 heteroatoms. The van der Waals surface area contributed by atoms with Crippen molar-refractivity contribution in [1.29, 1.82) is 0 Å².